The Morgan fingerprint density at radius 3 is 2.26 bits per heavy atom. The van der Waals surface area contributed by atoms with E-state index in [0.717, 1.165) is 46.5 Å². The van der Waals surface area contributed by atoms with Crippen molar-refractivity contribution in [3.63, 3.8) is 0 Å². The molecule has 39 heavy (non-hydrogen) atoms. The topological polar surface area (TPSA) is 67.8 Å². The molecule has 0 aliphatic heterocycles. The van der Waals surface area contributed by atoms with Crippen molar-refractivity contribution in [1.82, 2.24) is 14.9 Å². The van der Waals surface area contributed by atoms with Crippen LogP contribution in [0.15, 0.2) is 72.8 Å². The van der Waals surface area contributed by atoms with Crippen LogP contribution in [0.2, 0.25) is 0 Å². The van der Waals surface area contributed by atoms with Crippen LogP contribution in [0, 0.1) is 0 Å². The van der Waals surface area contributed by atoms with Crippen molar-refractivity contribution in [2.45, 2.75) is 13.8 Å². The zero-order valence-electron chi connectivity index (χ0n) is 22.7. The molecule has 2 heterocycles. The van der Waals surface area contributed by atoms with Crippen molar-refractivity contribution in [1.29, 1.82) is 0 Å². The van der Waals surface area contributed by atoms with E-state index < -0.39 is 0 Å². The van der Waals surface area contributed by atoms with E-state index in [1.807, 2.05) is 72.8 Å². The number of carbonyl (C=O) groups excluding carboxylic acids is 1. The number of para-hydroxylation sites is 1. The number of fused-ring (bicyclic) bond motifs is 2. The Hall–Kier alpha value is -4.01. The average molecular weight is 541 g/mol. The van der Waals surface area contributed by atoms with Gasteiger partial charge in [0.2, 0.25) is 0 Å². The van der Waals surface area contributed by atoms with Gasteiger partial charge in [0.25, 0.3) is 5.91 Å². The first kappa shape index (κ1) is 26.6. The molecule has 0 radical (unpaired) electrons. The second-order valence-corrected chi connectivity index (χ2v) is 10.0. The van der Waals surface area contributed by atoms with Crippen molar-refractivity contribution in [2.24, 2.45) is 0 Å². The van der Waals surface area contributed by atoms with Crippen molar-refractivity contribution in [2.75, 3.05) is 45.3 Å². The third kappa shape index (κ3) is 5.30. The molecule has 7 nitrogen and oxygen atoms in total. The Labute approximate surface area is 232 Å². The molecule has 0 saturated heterocycles. The van der Waals surface area contributed by atoms with Crippen LogP contribution in [0.4, 0.5) is 5.13 Å². The minimum absolute atomic E-state index is 0.116. The number of hydrogen-bond acceptors (Lipinski definition) is 7. The number of aromatic nitrogens is 2. The Bertz CT molecular complexity index is 1560. The first-order valence-electron chi connectivity index (χ1n) is 13.1. The zero-order chi connectivity index (χ0) is 27.4. The summed E-state index contributed by atoms with van der Waals surface area (Å²) in [6, 6.07) is 23.4. The van der Waals surface area contributed by atoms with Gasteiger partial charge >= 0.3 is 0 Å². The Balaban J connectivity index is 1.66. The maximum absolute atomic E-state index is 14.5. The number of carbonyl (C=O) groups is 1. The van der Waals surface area contributed by atoms with Gasteiger partial charge in [0, 0.05) is 24.0 Å². The molecule has 8 heteroatoms. The van der Waals surface area contributed by atoms with Crippen LogP contribution < -0.4 is 14.4 Å². The number of amides is 1. The molecule has 0 aliphatic carbocycles. The van der Waals surface area contributed by atoms with Gasteiger partial charge in [0.1, 0.15) is 21.7 Å². The molecule has 0 spiro atoms. The lowest BCUT2D eigenvalue weighted by Crippen LogP contribution is -2.39. The first-order valence-corrected chi connectivity index (χ1v) is 13.9. The number of rotatable bonds is 10. The van der Waals surface area contributed by atoms with Crippen LogP contribution in [0.25, 0.3) is 32.4 Å². The number of thiazole rings is 1. The molecule has 5 rings (SSSR count). The maximum atomic E-state index is 14.5. The van der Waals surface area contributed by atoms with Gasteiger partial charge in [-0.1, -0.05) is 73.7 Å². The fourth-order valence-electron chi connectivity index (χ4n) is 4.71. The molecule has 0 aliphatic rings. The van der Waals surface area contributed by atoms with Gasteiger partial charge in [-0.05, 0) is 37.4 Å². The van der Waals surface area contributed by atoms with Gasteiger partial charge in [0.15, 0.2) is 5.13 Å². The lowest BCUT2D eigenvalue weighted by Gasteiger charge is -2.25. The quantitative estimate of drug-likeness (QED) is 0.201. The van der Waals surface area contributed by atoms with Gasteiger partial charge in [-0.25, -0.2) is 9.97 Å². The summed E-state index contributed by atoms with van der Waals surface area (Å²) in [5.74, 6) is 1.23. The van der Waals surface area contributed by atoms with Crippen LogP contribution in [0.5, 0.6) is 11.5 Å². The SMILES string of the molecule is CCN(CC)CCN(C(=O)c1cc(-c2ccccc2)nc2ccccc12)c1nc2c(OC)ccc(OC)c2s1. The van der Waals surface area contributed by atoms with Crippen LogP contribution in [0.3, 0.4) is 0 Å². The largest absolute Gasteiger partial charge is 0.495 e. The summed E-state index contributed by atoms with van der Waals surface area (Å²) in [4.78, 5) is 28.4. The Morgan fingerprint density at radius 1 is 0.846 bits per heavy atom. The smallest absolute Gasteiger partial charge is 0.260 e. The molecule has 1 amide bonds. The summed E-state index contributed by atoms with van der Waals surface area (Å²) >= 11 is 1.44. The number of pyridine rings is 1. The molecule has 3 aromatic carbocycles. The number of anilines is 1. The fraction of sp³-hybridized carbons (Fsp3) is 0.258. The van der Waals surface area contributed by atoms with Crippen molar-refractivity contribution >= 4 is 43.5 Å². The molecule has 0 atom stereocenters. The van der Waals surface area contributed by atoms with E-state index in [1.165, 1.54) is 11.3 Å². The van der Waals surface area contributed by atoms with Crippen molar-refractivity contribution in [3.05, 3.63) is 78.4 Å². The van der Waals surface area contributed by atoms with Gasteiger partial charge in [-0.15, -0.1) is 0 Å². The van der Waals surface area contributed by atoms with E-state index >= 15 is 0 Å². The van der Waals surface area contributed by atoms with Crippen LogP contribution >= 0.6 is 11.3 Å². The molecule has 200 valence electrons. The normalized spacial score (nSPS) is 11.3. The van der Waals surface area contributed by atoms with E-state index in [-0.39, 0.29) is 5.91 Å². The number of benzene rings is 3. The van der Waals surface area contributed by atoms with E-state index in [2.05, 4.69) is 18.7 Å². The number of ether oxygens (including phenoxy) is 2. The standard InChI is InChI=1S/C31H32N4O3S/c1-5-34(6-2)18-19-35(31-33-28-26(37-3)16-17-27(38-4)29(28)39-31)30(36)23-20-25(21-12-8-7-9-13-21)32-24-15-11-10-14-22(23)24/h7-17,20H,5-6,18-19H2,1-4H3. The number of hydrogen-bond donors (Lipinski definition) is 0. The summed E-state index contributed by atoms with van der Waals surface area (Å²) in [7, 11) is 3.26. The third-order valence-corrected chi connectivity index (χ3v) is 8.02. The highest BCUT2D eigenvalue weighted by Gasteiger charge is 2.26. The molecule has 2 aromatic heterocycles. The number of nitrogens with zero attached hydrogens (tertiary/aromatic N) is 4. The molecule has 0 saturated carbocycles. The Morgan fingerprint density at radius 2 is 1.54 bits per heavy atom. The number of likely N-dealkylation sites (N-methyl/N-ethyl adjacent to an activating group) is 1. The maximum Gasteiger partial charge on any atom is 0.260 e. The summed E-state index contributed by atoms with van der Waals surface area (Å²) in [6.07, 6.45) is 0. The Kier molecular flexibility index (Phi) is 8.05. The second kappa shape index (κ2) is 11.8. The predicted octanol–water partition coefficient (Wildman–Crippen LogP) is 6.52. The fourth-order valence-corrected chi connectivity index (χ4v) is 5.81. The minimum atomic E-state index is -0.116. The van der Waals surface area contributed by atoms with Gasteiger partial charge in [-0.2, -0.15) is 0 Å². The zero-order valence-corrected chi connectivity index (χ0v) is 23.5. The van der Waals surface area contributed by atoms with Gasteiger partial charge < -0.3 is 14.4 Å². The molecule has 0 bridgehead atoms. The molecule has 5 aromatic rings. The first-order chi connectivity index (χ1) is 19.1. The van der Waals surface area contributed by atoms with Crippen LogP contribution in [0.1, 0.15) is 24.2 Å². The van der Waals surface area contributed by atoms with Crippen LogP contribution in [-0.2, 0) is 0 Å². The van der Waals surface area contributed by atoms with Crippen molar-refractivity contribution < 1.29 is 14.3 Å². The predicted molar refractivity (Wildman–Crippen MR) is 159 cm³/mol. The van der Waals surface area contributed by atoms with E-state index in [1.54, 1.807) is 19.1 Å². The highest BCUT2D eigenvalue weighted by Crippen LogP contribution is 2.40. The van der Waals surface area contributed by atoms with Gasteiger partial charge in [-0.3, -0.25) is 9.69 Å². The molecule has 0 unspecified atom stereocenters. The van der Waals surface area contributed by atoms with Gasteiger partial charge in [0.05, 0.1) is 31.0 Å². The van der Waals surface area contributed by atoms with E-state index in [9.17, 15) is 4.79 Å². The summed E-state index contributed by atoms with van der Waals surface area (Å²) in [6.45, 7) is 7.27. The summed E-state index contributed by atoms with van der Waals surface area (Å²) in [5.41, 5.74) is 3.77. The summed E-state index contributed by atoms with van der Waals surface area (Å²) in [5, 5.41) is 1.42. The molecular formula is C31H32N4O3S. The summed E-state index contributed by atoms with van der Waals surface area (Å²) < 4.78 is 12.0. The monoisotopic (exact) mass is 540 g/mol. The lowest BCUT2D eigenvalue weighted by molar-refractivity contribution is 0.0985. The molecule has 0 N–H and O–H groups in total. The third-order valence-electron chi connectivity index (χ3n) is 6.93. The second-order valence-electron chi connectivity index (χ2n) is 9.07. The number of methoxy groups -OCH3 is 2. The highest BCUT2D eigenvalue weighted by atomic mass is 32.1. The molecule has 0 fully saturated rings. The van der Waals surface area contributed by atoms with E-state index in [0.29, 0.717) is 34.3 Å². The lowest BCUT2D eigenvalue weighted by atomic mass is 10.0. The van der Waals surface area contributed by atoms with E-state index in [4.69, 9.17) is 19.4 Å². The average Bonchev–Trinajstić information content (AvgIpc) is 3.43. The molecular weight excluding hydrogens is 508 g/mol. The minimum Gasteiger partial charge on any atom is -0.495 e. The van der Waals surface area contributed by atoms with Crippen LogP contribution in [-0.4, -0.2) is 61.2 Å². The highest BCUT2D eigenvalue weighted by molar-refractivity contribution is 7.22. The van der Waals surface area contributed by atoms with Crippen molar-refractivity contribution in [3.8, 4) is 22.8 Å².